The molecule has 9 heteroatoms. The molecular weight excluding hydrogens is 532 g/mol. The first kappa shape index (κ1) is 35.7. The Bertz CT molecular complexity index is 979. The van der Waals surface area contributed by atoms with Gasteiger partial charge in [0.05, 0.1) is 18.1 Å². The Hall–Kier alpha value is -2.49. The first-order chi connectivity index (χ1) is 20.1. The first-order valence-corrected chi connectivity index (χ1v) is 16.0. The van der Waals surface area contributed by atoms with E-state index in [1.807, 2.05) is 63.8 Å². The number of likely N-dealkylation sites (tertiary alicyclic amines) is 1. The molecule has 238 valence electrons. The molecule has 1 fully saturated rings. The summed E-state index contributed by atoms with van der Waals surface area (Å²) in [4.78, 5) is 45.7. The average molecular weight is 589 g/mol. The van der Waals surface area contributed by atoms with Gasteiger partial charge in [-0.1, -0.05) is 63.9 Å². The molecule has 2 rings (SSSR count). The average Bonchev–Trinajstić information content (AvgIpc) is 2.96. The van der Waals surface area contributed by atoms with Crippen molar-refractivity contribution in [2.45, 2.75) is 106 Å². The maximum absolute atomic E-state index is 13.5. The van der Waals surface area contributed by atoms with E-state index in [4.69, 9.17) is 9.47 Å². The Morgan fingerprint density at radius 3 is 2.19 bits per heavy atom. The summed E-state index contributed by atoms with van der Waals surface area (Å²) >= 11 is 0. The summed E-state index contributed by atoms with van der Waals surface area (Å²) in [6.45, 7) is 20.2. The highest BCUT2D eigenvalue weighted by Gasteiger charge is 2.62. The number of carbonyl (C=O) groups excluding carboxylic acids is 3. The molecule has 0 spiro atoms. The number of β-lactam (4-membered cyclic amide) rings is 1. The number of ether oxygens (including phenoxy) is 2. The van der Waals surface area contributed by atoms with Crippen LogP contribution in [0.2, 0.25) is 0 Å². The zero-order valence-corrected chi connectivity index (χ0v) is 27.4. The third-order valence-electron chi connectivity index (χ3n) is 8.51. The predicted octanol–water partition coefficient (Wildman–Crippen LogP) is 5.52. The second kappa shape index (κ2) is 17.6. The molecule has 42 heavy (non-hydrogen) atoms. The summed E-state index contributed by atoms with van der Waals surface area (Å²) in [6, 6.07) is 7.72. The predicted molar refractivity (Wildman–Crippen MR) is 167 cm³/mol. The Morgan fingerprint density at radius 2 is 1.64 bits per heavy atom. The second-order valence-corrected chi connectivity index (χ2v) is 11.6. The molecule has 4 amide bonds. The fraction of sp³-hybridized carbons (Fsp3) is 0.727. The van der Waals surface area contributed by atoms with Gasteiger partial charge in [0, 0.05) is 38.8 Å². The molecule has 0 aromatic heterocycles. The lowest BCUT2D eigenvalue weighted by atomic mass is 9.72. The number of benzene rings is 1. The van der Waals surface area contributed by atoms with Crippen LogP contribution in [-0.4, -0.2) is 90.8 Å². The van der Waals surface area contributed by atoms with Crippen LogP contribution in [0, 0.1) is 12.3 Å². The molecule has 0 bridgehead atoms. The maximum atomic E-state index is 13.5. The quantitative estimate of drug-likeness (QED) is 0.169. The molecule has 9 nitrogen and oxygen atoms in total. The van der Waals surface area contributed by atoms with E-state index in [9.17, 15) is 14.4 Å². The Morgan fingerprint density at radius 1 is 0.976 bits per heavy atom. The van der Waals surface area contributed by atoms with E-state index in [0.717, 1.165) is 43.5 Å². The molecule has 1 aliphatic rings. The van der Waals surface area contributed by atoms with Crippen molar-refractivity contribution in [1.29, 1.82) is 0 Å². The van der Waals surface area contributed by atoms with Crippen LogP contribution in [0.1, 0.15) is 97.7 Å². The van der Waals surface area contributed by atoms with Gasteiger partial charge in [0.2, 0.25) is 11.8 Å². The Kier molecular flexibility index (Phi) is 14.9. The smallest absolute Gasteiger partial charge is 0.326 e. The van der Waals surface area contributed by atoms with Crippen molar-refractivity contribution in [3.05, 3.63) is 35.4 Å². The van der Waals surface area contributed by atoms with Gasteiger partial charge < -0.3 is 19.7 Å². The monoisotopic (exact) mass is 588 g/mol. The molecule has 0 radical (unpaired) electrons. The number of carbonyl (C=O) groups is 3. The second-order valence-electron chi connectivity index (χ2n) is 11.6. The summed E-state index contributed by atoms with van der Waals surface area (Å²) in [5.41, 5.74) is 1.33. The minimum absolute atomic E-state index is 0.130. The third kappa shape index (κ3) is 9.01. The van der Waals surface area contributed by atoms with Crippen molar-refractivity contribution in [2.75, 3.05) is 46.0 Å². The molecule has 2 atom stereocenters. The van der Waals surface area contributed by atoms with E-state index in [-0.39, 0.29) is 24.5 Å². The number of aryl methyl sites for hydroxylation is 1. The van der Waals surface area contributed by atoms with Crippen LogP contribution in [-0.2, 0) is 19.1 Å². The summed E-state index contributed by atoms with van der Waals surface area (Å²) in [5.74, 6) is -0.372. The third-order valence-corrected chi connectivity index (χ3v) is 8.51. The molecular formula is C33H56N4O5. The lowest BCUT2D eigenvalue weighted by Gasteiger charge is -2.53. The number of imide groups is 1. The largest absolute Gasteiger partial charge is 0.380 e. The van der Waals surface area contributed by atoms with Gasteiger partial charge in [0.1, 0.15) is 6.61 Å². The lowest BCUT2D eigenvalue weighted by molar-refractivity contribution is -0.212. The van der Waals surface area contributed by atoms with Crippen LogP contribution in [0.25, 0.3) is 0 Å². The van der Waals surface area contributed by atoms with Gasteiger partial charge in [-0.2, -0.15) is 0 Å². The lowest BCUT2D eigenvalue weighted by Crippen LogP contribution is -2.72. The molecule has 1 unspecified atom stereocenters. The SMILES string of the molecule is CCC[C@@H](NC(=O)N1C(=O)C(CC)(CC)C1OCC(=O)N(CCC)CCN(CCOCC)C(C)C)c1ccc(C)cc1. The van der Waals surface area contributed by atoms with E-state index in [1.54, 1.807) is 0 Å². The van der Waals surface area contributed by atoms with Crippen LogP contribution in [0.4, 0.5) is 4.79 Å². The fourth-order valence-electron chi connectivity index (χ4n) is 5.67. The number of amides is 4. The molecule has 0 saturated carbocycles. The number of urea groups is 1. The van der Waals surface area contributed by atoms with E-state index in [2.05, 4.69) is 31.0 Å². The number of hydrogen-bond donors (Lipinski definition) is 1. The summed E-state index contributed by atoms with van der Waals surface area (Å²) in [6.07, 6.45) is 2.73. The first-order valence-electron chi connectivity index (χ1n) is 16.0. The van der Waals surface area contributed by atoms with Crippen molar-refractivity contribution in [1.82, 2.24) is 20.0 Å². The van der Waals surface area contributed by atoms with Gasteiger partial charge in [0.25, 0.3) is 0 Å². The number of rotatable bonds is 19. The van der Waals surface area contributed by atoms with Gasteiger partial charge >= 0.3 is 6.03 Å². The normalized spacial score (nSPS) is 17.0. The zero-order chi connectivity index (χ0) is 31.3. The van der Waals surface area contributed by atoms with E-state index in [1.165, 1.54) is 4.90 Å². The maximum Gasteiger partial charge on any atom is 0.326 e. The van der Waals surface area contributed by atoms with Crippen LogP contribution in [0.5, 0.6) is 0 Å². The highest BCUT2D eigenvalue weighted by molar-refractivity contribution is 6.03. The van der Waals surface area contributed by atoms with Crippen molar-refractivity contribution < 1.29 is 23.9 Å². The summed E-state index contributed by atoms with van der Waals surface area (Å²) < 4.78 is 11.7. The van der Waals surface area contributed by atoms with Crippen molar-refractivity contribution in [2.24, 2.45) is 5.41 Å². The Labute approximate surface area is 254 Å². The van der Waals surface area contributed by atoms with Crippen LogP contribution in [0.15, 0.2) is 24.3 Å². The van der Waals surface area contributed by atoms with E-state index < -0.39 is 17.7 Å². The van der Waals surface area contributed by atoms with Crippen molar-refractivity contribution >= 4 is 17.8 Å². The molecule has 0 aliphatic carbocycles. The fourth-order valence-corrected chi connectivity index (χ4v) is 5.67. The molecule has 1 aliphatic heterocycles. The number of nitrogens with one attached hydrogen (secondary N) is 1. The standard InChI is InChI=1S/C33H56N4O5/c1-9-14-28(27-17-15-26(8)16-18-27)34-32(40)37-30(39)33(11-3,12-4)31(37)42-24-29(38)36(19-10-2)21-20-35(25(6)7)22-23-41-13-5/h15-18,25,28,31H,9-14,19-24H2,1-8H3,(H,34,40)/t28-,31?/m1/s1. The minimum Gasteiger partial charge on any atom is -0.380 e. The molecule has 1 N–H and O–H groups in total. The van der Waals surface area contributed by atoms with Crippen molar-refractivity contribution in [3.8, 4) is 0 Å². The number of hydrogen-bond acceptors (Lipinski definition) is 6. The van der Waals surface area contributed by atoms with Gasteiger partial charge in [-0.15, -0.1) is 0 Å². The minimum atomic E-state index is -0.814. The Balaban J connectivity index is 2.13. The molecule has 1 aromatic carbocycles. The number of nitrogens with zero attached hydrogens (tertiary/aromatic N) is 3. The highest BCUT2D eigenvalue weighted by Crippen LogP contribution is 2.46. The van der Waals surface area contributed by atoms with E-state index in [0.29, 0.717) is 45.2 Å². The van der Waals surface area contributed by atoms with Gasteiger partial charge in [-0.05, 0) is 58.9 Å². The van der Waals surface area contributed by atoms with Crippen LogP contribution < -0.4 is 5.32 Å². The molecule has 1 heterocycles. The van der Waals surface area contributed by atoms with Crippen LogP contribution in [0.3, 0.4) is 0 Å². The van der Waals surface area contributed by atoms with Crippen LogP contribution >= 0.6 is 0 Å². The highest BCUT2D eigenvalue weighted by atomic mass is 16.5. The zero-order valence-electron chi connectivity index (χ0n) is 27.4. The molecule has 1 saturated heterocycles. The van der Waals surface area contributed by atoms with Gasteiger partial charge in [-0.3, -0.25) is 14.5 Å². The van der Waals surface area contributed by atoms with E-state index >= 15 is 0 Å². The van der Waals surface area contributed by atoms with Gasteiger partial charge in [-0.25, -0.2) is 9.69 Å². The molecule has 1 aromatic rings. The summed E-state index contributed by atoms with van der Waals surface area (Å²) in [7, 11) is 0. The van der Waals surface area contributed by atoms with Crippen molar-refractivity contribution in [3.63, 3.8) is 0 Å². The van der Waals surface area contributed by atoms with Gasteiger partial charge in [0.15, 0.2) is 6.23 Å². The summed E-state index contributed by atoms with van der Waals surface area (Å²) in [5, 5.41) is 3.07. The topological polar surface area (TPSA) is 91.4 Å².